The number of rotatable bonds is 3. The predicted molar refractivity (Wildman–Crippen MR) is 52.8 cm³/mol. The number of carbonyl (C=O) groups is 1. The number of hydrogen-bond donors (Lipinski definition) is 0. The smallest absolute Gasteiger partial charge is 0.307 e. The Morgan fingerprint density at radius 2 is 2.43 bits per heavy atom. The maximum absolute atomic E-state index is 11.4. The second kappa shape index (κ2) is 4.90. The molecule has 76 valence electrons. The summed E-state index contributed by atoms with van der Waals surface area (Å²) in [6, 6.07) is 0. The van der Waals surface area contributed by atoms with Gasteiger partial charge in [-0.05, 0) is 15.9 Å². The van der Waals surface area contributed by atoms with Crippen LogP contribution in [-0.2, 0) is 16.1 Å². The third-order valence-electron chi connectivity index (χ3n) is 1.64. The van der Waals surface area contributed by atoms with Crippen molar-refractivity contribution in [1.82, 2.24) is 9.55 Å². The lowest BCUT2D eigenvalue weighted by atomic mass is 10.4. The molecule has 0 saturated carbocycles. The first-order valence-corrected chi connectivity index (χ1v) is 4.71. The van der Waals surface area contributed by atoms with Crippen LogP contribution < -0.4 is 5.56 Å². The van der Waals surface area contributed by atoms with Gasteiger partial charge in [-0.3, -0.25) is 14.2 Å². The van der Waals surface area contributed by atoms with Crippen molar-refractivity contribution in [2.45, 2.75) is 13.0 Å². The molecule has 0 radical (unpaired) electrons. The molecule has 0 aliphatic rings. The molecule has 0 amide bonds. The highest BCUT2D eigenvalue weighted by molar-refractivity contribution is 9.10. The predicted octanol–water partition coefficient (Wildman–Crippen LogP) is 0.569. The summed E-state index contributed by atoms with van der Waals surface area (Å²) in [5.41, 5.74) is -0.205. The molecule has 0 fully saturated rings. The van der Waals surface area contributed by atoms with Gasteiger partial charge in [0.1, 0.15) is 4.47 Å². The molecule has 0 aliphatic heterocycles. The van der Waals surface area contributed by atoms with Crippen molar-refractivity contribution >= 4 is 21.9 Å². The largest absolute Gasteiger partial charge is 0.469 e. The fourth-order valence-corrected chi connectivity index (χ4v) is 1.24. The fourth-order valence-electron chi connectivity index (χ4n) is 0.897. The van der Waals surface area contributed by atoms with Crippen LogP contribution in [0.2, 0.25) is 0 Å². The third-order valence-corrected chi connectivity index (χ3v) is 2.19. The molecule has 1 rings (SSSR count). The highest BCUT2D eigenvalue weighted by Crippen LogP contribution is 1.98. The van der Waals surface area contributed by atoms with Crippen molar-refractivity contribution < 1.29 is 9.53 Å². The molecule has 1 aromatic heterocycles. The molecule has 0 unspecified atom stereocenters. The Morgan fingerprint density at radius 3 is 3.07 bits per heavy atom. The second-order valence-electron chi connectivity index (χ2n) is 2.57. The molecule has 0 saturated heterocycles. The Bertz CT molecular complexity index is 388. The molecule has 0 N–H and O–H groups in total. The number of ether oxygens (including phenoxy) is 1. The van der Waals surface area contributed by atoms with Gasteiger partial charge >= 0.3 is 5.97 Å². The minimum absolute atomic E-state index is 0.161. The van der Waals surface area contributed by atoms with E-state index in [0.717, 1.165) is 0 Å². The van der Waals surface area contributed by atoms with E-state index in [2.05, 4.69) is 25.7 Å². The number of aromatic nitrogens is 2. The molecule has 0 aliphatic carbocycles. The first-order chi connectivity index (χ1) is 6.65. The van der Waals surface area contributed by atoms with Crippen molar-refractivity contribution in [3.05, 3.63) is 27.4 Å². The maximum Gasteiger partial charge on any atom is 0.307 e. The molecule has 1 aromatic rings. The quantitative estimate of drug-likeness (QED) is 0.746. The molecule has 0 bridgehead atoms. The average Bonchev–Trinajstić information content (AvgIpc) is 2.20. The van der Waals surface area contributed by atoms with Crippen LogP contribution in [-0.4, -0.2) is 22.6 Å². The van der Waals surface area contributed by atoms with Gasteiger partial charge in [0.2, 0.25) is 0 Å². The van der Waals surface area contributed by atoms with E-state index in [1.54, 1.807) is 0 Å². The number of esters is 1. The molecular formula is C8H9BrN2O3. The number of hydrogen-bond acceptors (Lipinski definition) is 4. The zero-order valence-corrected chi connectivity index (χ0v) is 9.15. The molecule has 6 heteroatoms. The van der Waals surface area contributed by atoms with Gasteiger partial charge in [-0.2, -0.15) is 0 Å². The number of aryl methyl sites for hydroxylation is 1. The summed E-state index contributed by atoms with van der Waals surface area (Å²) >= 11 is 3.06. The first-order valence-electron chi connectivity index (χ1n) is 3.92. The zero-order valence-electron chi connectivity index (χ0n) is 7.57. The van der Waals surface area contributed by atoms with E-state index in [-0.39, 0.29) is 24.5 Å². The van der Waals surface area contributed by atoms with E-state index >= 15 is 0 Å². The Morgan fingerprint density at radius 1 is 1.71 bits per heavy atom. The lowest BCUT2D eigenvalue weighted by molar-refractivity contribution is -0.140. The SMILES string of the molecule is COC(=O)CCn1cncc(Br)c1=O. The van der Waals surface area contributed by atoms with Gasteiger partial charge in [-0.15, -0.1) is 0 Å². The molecule has 0 spiro atoms. The monoisotopic (exact) mass is 260 g/mol. The highest BCUT2D eigenvalue weighted by atomic mass is 79.9. The van der Waals surface area contributed by atoms with E-state index in [1.165, 1.54) is 24.2 Å². The number of nitrogens with zero attached hydrogens (tertiary/aromatic N) is 2. The van der Waals surface area contributed by atoms with Gasteiger partial charge in [0.15, 0.2) is 0 Å². The summed E-state index contributed by atoms with van der Waals surface area (Å²) in [7, 11) is 1.31. The van der Waals surface area contributed by atoms with Crippen molar-refractivity contribution in [3.63, 3.8) is 0 Å². The van der Waals surface area contributed by atoms with Crippen LogP contribution in [0.3, 0.4) is 0 Å². The fraction of sp³-hybridized carbons (Fsp3) is 0.375. The minimum Gasteiger partial charge on any atom is -0.469 e. The van der Waals surface area contributed by atoms with E-state index < -0.39 is 0 Å². The van der Waals surface area contributed by atoms with Crippen LogP contribution in [0.25, 0.3) is 0 Å². The number of carbonyl (C=O) groups excluding carboxylic acids is 1. The van der Waals surface area contributed by atoms with Crippen LogP contribution in [0.15, 0.2) is 21.8 Å². The summed E-state index contributed by atoms with van der Waals surface area (Å²) in [4.78, 5) is 26.0. The average molecular weight is 261 g/mol. The summed E-state index contributed by atoms with van der Waals surface area (Å²) in [6.07, 6.45) is 2.96. The molecular weight excluding hydrogens is 252 g/mol. The van der Waals surface area contributed by atoms with Crippen molar-refractivity contribution in [3.8, 4) is 0 Å². The van der Waals surface area contributed by atoms with E-state index in [4.69, 9.17) is 0 Å². The molecule has 0 atom stereocenters. The normalized spacial score (nSPS) is 9.86. The Hall–Kier alpha value is -1.17. The standard InChI is InChI=1S/C8H9BrN2O3/c1-14-7(12)2-3-11-5-10-4-6(9)8(11)13/h4-5H,2-3H2,1H3. The van der Waals surface area contributed by atoms with Gasteiger partial charge in [-0.1, -0.05) is 0 Å². The summed E-state index contributed by atoms with van der Waals surface area (Å²) in [5, 5.41) is 0. The third kappa shape index (κ3) is 2.66. The Balaban J connectivity index is 2.73. The molecule has 1 heterocycles. The van der Waals surface area contributed by atoms with Gasteiger partial charge in [-0.25, -0.2) is 4.98 Å². The first kappa shape index (κ1) is 10.9. The van der Waals surface area contributed by atoms with Crippen LogP contribution in [0.4, 0.5) is 0 Å². The number of methoxy groups -OCH3 is 1. The zero-order chi connectivity index (χ0) is 10.6. The Kier molecular flexibility index (Phi) is 3.82. The summed E-state index contributed by atoms with van der Waals surface area (Å²) < 4.78 is 6.18. The maximum atomic E-state index is 11.4. The van der Waals surface area contributed by atoms with Crippen molar-refractivity contribution in [1.29, 1.82) is 0 Å². The van der Waals surface area contributed by atoms with Crippen LogP contribution in [0, 0.1) is 0 Å². The lowest BCUT2D eigenvalue weighted by Gasteiger charge is -2.03. The summed E-state index contributed by atoms with van der Waals surface area (Å²) in [6.45, 7) is 0.276. The van der Waals surface area contributed by atoms with Gasteiger partial charge < -0.3 is 4.74 Å². The second-order valence-corrected chi connectivity index (χ2v) is 3.42. The van der Waals surface area contributed by atoms with Gasteiger partial charge in [0.25, 0.3) is 5.56 Å². The van der Waals surface area contributed by atoms with Gasteiger partial charge in [0.05, 0.1) is 19.9 Å². The Labute approximate surface area is 88.8 Å². The topological polar surface area (TPSA) is 61.2 Å². The molecule has 14 heavy (non-hydrogen) atoms. The van der Waals surface area contributed by atoms with Crippen LogP contribution >= 0.6 is 15.9 Å². The molecule has 5 nitrogen and oxygen atoms in total. The van der Waals surface area contributed by atoms with E-state index in [0.29, 0.717) is 4.47 Å². The van der Waals surface area contributed by atoms with Crippen molar-refractivity contribution in [2.75, 3.05) is 7.11 Å². The van der Waals surface area contributed by atoms with Gasteiger partial charge in [0, 0.05) is 12.7 Å². The molecule has 0 aromatic carbocycles. The van der Waals surface area contributed by atoms with E-state index in [1.807, 2.05) is 0 Å². The van der Waals surface area contributed by atoms with Crippen molar-refractivity contribution in [2.24, 2.45) is 0 Å². The lowest BCUT2D eigenvalue weighted by Crippen LogP contribution is -2.22. The van der Waals surface area contributed by atoms with Crippen LogP contribution in [0.1, 0.15) is 6.42 Å². The minimum atomic E-state index is -0.350. The highest BCUT2D eigenvalue weighted by Gasteiger charge is 2.04. The van der Waals surface area contributed by atoms with Crippen LogP contribution in [0.5, 0.6) is 0 Å². The van der Waals surface area contributed by atoms with E-state index in [9.17, 15) is 9.59 Å². The number of halogens is 1. The summed E-state index contributed by atoms with van der Waals surface area (Å²) in [5.74, 6) is -0.350.